The fourth-order valence-corrected chi connectivity index (χ4v) is 2.44. The second kappa shape index (κ2) is 8.12. The minimum atomic E-state index is -0.294. The number of amides is 2. The summed E-state index contributed by atoms with van der Waals surface area (Å²) in [6.07, 6.45) is 2.06. The molecule has 0 aliphatic rings. The third-order valence-corrected chi connectivity index (χ3v) is 3.64. The van der Waals surface area contributed by atoms with E-state index in [0.29, 0.717) is 18.8 Å². The van der Waals surface area contributed by atoms with Gasteiger partial charge in [-0.05, 0) is 18.9 Å². The zero-order valence-corrected chi connectivity index (χ0v) is 13.4. The van der Waals surface area contributed by atoms with Crippen molar-refractivity contribution in [2.24, 2.45) is 0 Å². The number of hydrogen-bond acceptors (Lipinski definition) is 4. The van der Waals surface area contributed by atoms with E-state index in [1.165, 1.54) is 6.26 Å². The van der Waals surface area contributed by atoms with Crippen molar-refractivity contribution >= 4 is 17.6 Å². The molecule has 1 aromatic carbocycles. The predicted molar refractivity (Wildman–Crippen MR) is 86.9 cm³/mol. The maximum atomic E-state index is 12.8. The van der Waals surface area contributed by atoms with Crippen LogP contribution in [0, 0.1) is 0 Å². The summed E-state index contributed by atoms with van der Waals surface area (Å²) in [5, 5.41) is 6.22. The average Bonchev–Trinajstić information content (AvgIpc) is 3.07. The number of benzene rings is 1. The molecule has 0 radical (unpaired) electrons. The lowest BCUT2D eigenvalue weighted by Gasteiger charge is -2.25. The Morgan fingerprint density at radius 2 is 1.96 bits per heavy atom. The topological polar surface area (TPSA) is 75.4 Å². The van der Waals surface area contributed by atoms with Crippen LogP contribution in [0.4, 0.5) is 5.82 Å². The van der Waals surface area contributed by atoms with E-state index in [9.17, 15) is 9.59 Å². The molecule has 0 fully saturated rings. The molecule has 6 heteroatoms. The first kappa shape index (κ1) is 16.7. The number of nitrogens with zero attached hydrogens (tertiary/aromatic N) is 2. The van der Waals surface area contributed by atoms with Crippen LogP contribution in [0.3, 0.4) is 0 Å². The van der Waals surface area contributed by atoms with E-state index >= 15 is 0 Å². The molecule has 0 spiro atoms. The van der Waals surface area contributed by atoms with Crippen LogP contribution in [0.15, 0.2) is 47.2 Å². The van der Waals surface area contributed by atoms with Crippen LogP contribution in [0.25, 0.3) is 0 Å². The van der Waals surface area contributed by atoms with Crippen molar-refractivity contribution in [1.82, 2.24) is 10.1 Å². The number of rotatable bonds is 7. The van der Waals surface area contributed by atoms with Gasteiger partial charge in [0, 0.05) is 12.6 Å². The highest BCUT2D eigenvalue weighted by Gasteiger charge is 2.25. The van der Waals surface area contributed by atoms with Crippen LogP contribution in [0.2, 0.25) is 0 Å². The number of anilines is 1. The maximum Gasteiger partial charge on any atom is 0.245 e. The predicted octanol–water partition coefficient (Wildman–Crippen LogP) is 2.66. The fourth-order valence-electron chi connectivity index (χ4n) is 2.44. The molecule has 0 saturated heterocycles. The lowest BCUT2D eigenvalue weighted by atomic mass is 9.95. The van der Waals surface area contributed by atoms with Crippen LogP contribution in [0.1, 0.15) is 31.7 Å². The van der Waals surface area contributed by atoms with Gasteiger partial charge in [0.1, 0.15) is 6.26 Å². The van der Waals surface area contributed by atoms with Gasteiger partial charge in [-0.3, -0.25) is 9.59 Å². The zero-order valence-electron chi connectivity index (χ0n) is 13.4. The fraction of sp³-hybridized carbons (Fsp3) is 0.353. The first-order valence-electron chi connectivity index (χ1n) is 7.69. The van der Waals surface area contributed by atoms with Gasteiger partial charge in [0.15, 0.2) is 5.82 Å². The monoisotopic (exact) mass is 315 g/mol. The molecule has 0 aliphatic carbocycles. The number of carbonyl (C=O) groups excluding carboxylic acids is 2. The Bertz CT molecular complexity index is 626. The Balaban J connectivity index is 2.03. The molecule has 1 atom stereocenters. The number of carbonyl (C=O) groups is 2. The minimum absolute atomic E-state index is 0.00841. The summed E-state index contributed by atoms with van der Waals surface area (Å²) in [6.45, 7) is 4.29. The highest BCUT2D eigenvalue weighted by molar-refractivity contribution is 5.94. The van der Waals surface area contributed by atoms with Crippen molar-refractivity contribution in [1.29, 1.82) is 0 Å². The molecule has 122 valence electrons. The number of likely N-dealkylation sites (N-methyl/N-ethyl adjacent to an activating group) is 1. The van der Waals surface area contributed by atoms with E-state index in [0.717, 1.165) is 5.56 Å². The summed E-state index contributed by atoms with van der Waals surface area (Å²) in [4.78, 5) is 26.4. The smallest absolute Gasteiger partial charge is 0.245 e. The van der Waals surface area contributed by atoms with E-state index in [4.69, 9.17) is 0 Å². The molecule has 6 nitrogen and oxygen atoms in total. The molecule has 0 aliphatic heterocycles. The Morgan fingerprint density at radius 1 is 1.22 bits per heavy atom. The standard InChI is InChI=1S/C17H21N3O3/c1-3-14(13-8-6-5-7-9-13)17(22)20(4-2)12-16(21)18-15-10-11-23-19-15/h5-11,14H,3-4,12H2,1-2H3,(H,18,19,21)/t14-/m1/s1. The Labute approximate surface area is 135 Å². The summed E-state index contributed by atoms with van der Waals surface area (Å²) in [5.74, 6) is -0.238. The van der Waals surface area contributed by atoms with E-state index < -0.39 is 0 Å². The zero-order chi connectivity index (χ0) is 16.7. The van der Waals surface area contributed by atoms with Crippen molar-refractivity contribution < 1.29 is 14.1 Å². The van der Waals surface area contributed by atoms with Crippen molar-refractivity contribution in [3.8, 4) is 0 Å². The quantitative estimate of drug-likeness (QED) is 0.852. The molecule has 0 saturated carbocycles. The molecular formula is C17H21N3O3. The molecular weight excluding hydrogens is 294 g/mol. The van der Waals surface area contributed by atoms with Crippen molar-refractivity contribution in [3.05, 3.63) is 48.2 Å². The van der Waals surface area contributed by atoms with Crippen LogP contribution >= 0.6 is 0 Å². The third-order valence-electron chi connectivity index (χ3n) is 3.64. The largest absolute Gasteiger partial charge is 0.363 e. The van der Waals surface area contributed by atoms with Crippen molar-refractivity contribution in [2.75, 3.05) is 18.4 Å². The Hall–Kier alpha value is -2.63. The molecule has 1 heterocycles. The van der Waals surface area contributed by atoms with Crippen LogP contribution in [0.5, 0.6) is 0 Å². The summed E-state index contributed by atoms with van der Waals surface area (Å²) in [6, 6.07) is 11.2. The number of hydrogen-bond donors (Lipinski definition) is 1. The van der Waals surface area contributed by atoms with Crippen LogP contribution < -0.4 is 5.32 Å². The van der Waals surface area contributed by atoms with E-state index in [-0.39, 0.29) is 24.3 Å². The molecule has 1 N–H and O–H groups in total. The maximum absolute atomic E-state index is 12.8. The molecule has 1 aromatic heterocycles. The number of nitrogens with one attached hydrogen (secondary N) is 1. The summed E-state index contributed by atoms with van der Waals surface area (Å²) < 4.78 is 4.66. The van der Waals surface area contributed by atoms with Gasteiger partial charge in [-0.25, -0.2) is 0 Å². The van der Waals surface area contributed by atoms with Gasteiger partial charge in [0.2, 0.25) is 11.8 Å². The minimum Gasteiger partial charge on any atom is -0.363 e. The normalized spacial score (nSPS) is 11.7. The van der Waals surface area contributed by atoms with E-state index in [1.807, 2.05) is 44.2 Å². The third kappa shape index (κ3) is 4.42. The van der Waals surface area contributed by atoms with Crippen LogP contribution in [-0.4, -0.2) is 35.0 Å². The van der Waals surface area contributed by atoms with E-state index in [2.05, 4.69) is 15.0 Å². The second-order valence-corrected chi connectivity index (χ2v) is 5.16. The van der Waals surface area contributed by atoms with Gasteiger partial charge in [0.05, 0.1) is 12.5 Å². The lowest BCUT2D eigenvalue weighted by molar-refractivity contribution is -0.135. The lowest BCUT2D eigenvalue weighted by Crippen LogP contribution is -2.40. The van der Waals surface area contributed by atoms with Gasteiger partial charge >= 0.3 is 0 Å². The molecule has 23 heavy (non-hydrogen) atoms. The van der Waals surface area contributed by atoms with Gasteiger partial charge < -0.3 is 14.7 Å². The van der Waals surface area contributed by atoms with Gasteiger partial charge in [-0.15, -0.1) is 0 Å². The highest BCUT2D eigenvalue weighted by Crippen LogP contribution is 2.22. The van der Waals surface area contributed by atoms with Crippen molar-refractivity contribution in [3.63, 3.8) is 0 Å². The van der Waals surface area contributed by atoms with Crippen LogP contribution in [-0.2, 0) is 9.59 Å². The van der Waals surface area contributed by atoms with Gasteiger partial charge in [-0.2, -0.15) is 0 Å². The van der Waals surface area contributed by atoms with Gasteiger partial charge in [-0.1, -0.05) is 42.4 Å². The Kier molecular flexibility index (Phi) is 5.91. The van der Waals surface area contributed by atoms with E-state index in [1.54, 1.807) is 11.0 Å². The second-order valence-electron chi connectivity index (χ2n) is 5.16. The summed E-state index contributed by atoms with van der Waals surface area (Å²) >= 11 is 0. The molecule has 0 bridgehead atoms. The first-order valence-corrected chi connectivity index (χ1v) is 7.69. The summed E-state index contributed by atoms with van der Waals surface area (Å²) in [5.41, 5.74) is 0.968. The van der Waals surface area contributed by atoms with Crippen molar-refractivity contribution in [2.45, 2.75) is 26.2 Å². The highest BCUT2D eigenvalue weighted by atomic mass is 16.5. The Morgan fingerprint density at radius 3 is 2.52 bits per heavy atom. The molecule has 2 amide bonds. The summed E-state index contributed by atoms with van der Waals surface area (Å²) in [7, 11) is 0. The van der Waals surface area contributed by atoms with Gasteiger partial charge in [0.25, 0.3) is 0 Å². The molecule has 2 aromatic rings. The average molecular weight is 315 g/mol. The first-order chi connectivity index (χ1) is 11.2. The number of aromatic nitrogens is 1. The molecule has 2 rings (SSSR count). The molecule has 0 unspecified atom stereocenters. The SMILES string of the molecule is CC[C@@H](C(=O)N(CC)CC(=O)Nc1ccon1)c1ccccc1.